The third kappa shape index (κ3) is 4.71. The van der Waals surface area contributed by atoms with Gasteiger partial charge in [0.1, 0.15) is 5.82 Å². The summed E-state index contributed by atoms with van der Waals surface area (Å²) >= 11 is 5.59. The lowest BCUT2D eigenvalue weighted by Gasteiger charge is -2.06. The van der Waals surface area contributed by atoms with Crippen molar-refractivity contribution in [2.75, 3.05) is 19.8 Å². The molecule has 1 aromatic rings. The first kappa shape index (κ1) is 13.9. The molecule has 0 unspecified atom stereocenters. The molecule has 1 amide bonds. The first-order chi connectivity index (χ1) is 8.15. The second-order valence-electron chi connectivity index (χ2n) is 3.43. The molecule has 0 aliphatic heterocycles. The Bertz CT molecular complexity index is 385. The maximum atomic E-state index is 13.4. The number of ether oxygens (including phenoxy) is 1. The molecule has 0 heterocycles. The van der Waals surface area contributed by atoms with Crippen LogP contribution in [0, 0.1) is 5.82 Å². The number of nitrogens with one attached hydrogen (secondary N) is 1. The van der Waals surface area contributed by atoms with Crippen molar-refractivity contribution < 1.29 is 13.9 Å². The number of benzene rings is 1. The molecule has 5 heteroatoms. The van der Waals surface area contributed by atoms with E-state index in [1.807, 2.05) is 6.92 Å². The van der Waals surface area contributed by atoms with Crippen molar-refractivity contribution in [3.63, 3.8) is 0 Å². The quantitative estimate of drug-likeness (QED) is 0.798. The number of hydrogen-bond donors (Lipinski definition) is 1. The molecule has 94 valence electrons. The van der Waals surface area contributed by atoms with Crippen molar-refractivity contribution in [1.29, 1.82) is 0 Å². The first-order valence-corrected chi connectivity index (χ1v) is 5.84. The normalized spacial score (nSPS) is 10.3. The third-order valence-corrected chi connectivity index (χ3v) is 2.37. The van der Waals surface area contributed by atoms with E-state index in [-0.39, 0.29) is 10.6 Å². The fraction of sp³-hybridized carbons (Fsp3) is 0.417. The molecule has 0 saturated heterocycles. The Morgan fingerprint density at radius 2 is 2.29 bits per heavy atom. The van der Waals surface area contributed by atoms with Crippen LogP contribution in [0.5, 0.6) is 0 Å². The molecule has 0 bridgehead atoms. The van der Waals surface area contributed by atoms with E-state index in [0.717, 1.165) is 6.07 Å². The lowest BCUT2D eigenvalue weighted by molar-refractivity contribution is 0.0940. The van der Waals surface area contributed by atoms with E-state index in [9.17, 15) is 9.18 Å². The van der Waals surface area contributed by atoms with Crippen LogP contribution in [0.3, 0.4) is 0 Å². The first-order valence-electron chi connectivity index (χ1n) is 5.46. The van der Waals surface area contributed by atoms with Crippen LogP contribution >= 0.6 is 11.6 Å². The van der Waals surface area contributed by atoms with Gasteiger partial charge >= 0.3 is 0 Å². The van der Waals surface area contributed by atoms with Gasteiger partial charge in [0.05, 0.1) is 5.56 Å². The van der Waals surface area contributed by atoms with Gasteiger partial charge in [-0.25, -0.2) is 4.39 Å². The van der Waals surface area contributed by atoms with Gasteiger partial charge in [-0.3, -0.25) is 4.79 Å². The number of carbonyl (C=O) groups is 1. The van der Waals surface area contributed by atoms with Gasteiger partial charge < -0.3 is 10.1 Å². The van der Waals surface area contributed by atoms with E-state index < -0.39 is 11.7 Å². The second kappa shape index (κ2) is 7.25. The highest BCUT2D eigenvalue weighted by Crippen LogP contribution is 2.14. The van der Waals surface area contributed by atoms with E-state index in [1.165, 1.54) is 12.1 Å². The minimum absolute atomic E-state index is 0.00538. The standard InChI is InChI=1S/C12H15ClFNO2/c1-2-17-7-3-6-15-12(16)10-5-4-9(13)8-11(10)14/h4-5,8H,2-3,6-7H2,1H3,(H,15,16). The van der Waals surface area contributed by atoms with Crippen LogP contribution in [-0.2, 0) is 4.74 Å². The summed E-state index contributed by atoms with van der Waals surface area (Å²) in [5.41, 5.74) is 0.00538. The lowest BCUT2D eigenvalue weighted by Crippen LogP contribution is -2.26. The zero-order valence-electron chi connectivity index (χ0n) is 9.63. The summed E-state index contributed by atoms with van der Waals surface area (Å²) in [5.74, 6) is -1.05. The average molecular weight is 260 g/mol. The minimum atomic E-state index is -0.611. The fourth-order valence-corrected chi connectivity index (χ4v) is 1.45. The Morgan fingerprint density at radius 1 is 1.53 bits per heavy atom. The predicted octanol–water partition coefficient (Wildman–Crippen LogP) is 2.64. The van der Waals surface area contributed by atoms with Gasteiger partial charge in [-0.05, 0) is 31.5 Å². The molecule has 0 aliphatic rings. The molecule has 0 radical (unpaired) electrons. The Labute approximate surface area is 105 Å². The van der Waals surface area contributed by atoms with Gasteiger partial charge in [0.2, 0.25) is 0 Å². The fourth-order valence-electron chi connectivity index (χ4n) is 1.29. The van der Waals surface area contributed by atoms with Crippen LogP contribution in [0.1, 0.15) is 23.7 Å². The van der Waals surface area contributed by atoms with Gasteiger partial charge in [-0.15, -0.1) is 0 Å². The van der Waals surface area contributed by atoms with E-state index in [0.29, 0.717) is 26.2 Å². The molecule has 1 aromatic carbocycles. The molecule has 0 spiro atoms. The Hall–Kier alpha value is -1.13. The van der Waals surface area contributed by atoms with Crippen molar-refractivity contribution in [2.24, 2.45) is 0 Å². The highest BCUT2D eigenvalue weighted by atomic mass is 35.5. The second-order valence-corrected chi connectivity index (χ2v) is 3.87. The van der Waals surface area contributed by atoms with E-state index >= 15 is 0 Å². The smallest absolute Gasteiger partial charge is 0.254 e. The van der Waals surface area contributed by atoms with Crippen molar-refractivity contribution >= 4 is 17.5 Å². The summed E-state index contributed by atoms with van der Waals surface area (Å²) in [4.78, 5) is 11.6. The van der Waals surface area contributed by atoms with Crippen LogP contribution in [0.25, 0.3) is 0 Å². The Kier molecular flexibility index (Phi) is 5.94. The van der Waals surface area contributed by atoms with Gasteiger partial charge in [0.25, 0.3) is 5.91 Å². The zero-order chi connectivity index (χ0) is 12.7. The summed E-state index contributed by atoms with van der Waals surface area (Å²) in [6, 6.07) is 3.98. The minimum Gasteiger partial charge on any atom is -0.382 e. The molecule has 17 heavy (non-hydrogen) atoms. The van der Waals surface area contributed by atoms with Gasteiger partial charge in [-0.1, -0.05) is 11.6 Å². The maximum absolute atomic E-state index is 13.4. The highest BCUT2D eigenvalue weighted by Gasteiger charge is 2.10. The number of hydrogen-bond acceptors (Lipinski definition) is 2. The molecule has 0 saturated carbocycles. The summed E-state index contributed by atoms with van der Waals surface area (Å²) in [6.45, 7) is 3.60. The monoisotopic (exact) mass is 259 g/mol. The molecule has 0 aromatic heterocycles. The molecule has 3 nitrogen and oxygen atoms in total. The third-order valence-electron chi connectivity index (χ3n) is 2.13. The summed E-state index contributed by atoms with van der Waals surface area (Å²) in [7, 11) is 0. The van der Waals surface area contributed by atoms with Crippen LogP contribution in [0.4, 0.5) is 4.39 Å². The predicted molar refractivity (Wildman–Crippen MR) is 64.9 cm³/mol. The van der Waals surface area contributed by atoms with Crippen LogP contribution in [-0.4, -0.2) is 25.7 Å². The SMILES string of the molecule is CCOCCCNC(=O)c1ccc(Cl)cc1F. The number of amides is 1. The number of rotatable bonds is 6. The maximum Gasteiger partial charge on any atom is 0.254 e. The summed E-state index contributed by atoms with van der Waals surface area (Å²) in [6.07, 6.45) is 0.703. The zero-order valence-corrected chi connectivity index (χ0v) is 10.4. The molecule has 0 fully saturated rings. The summed E-state index contributed by atoms with van der Waals surface area (Å²) < 4.78 is 18.5. The van der Waals surface area contributed by atoms with Gasteiger partial charge in [-0.2, -0.15) is 0 Å². The van der Waals surface area contributed by atoms with Gasteiger partial charge in [0.15, 0.2) is 0 Å². The van der Waals surface area contributed by atoms with Crippen molar-refractivity contribution in [1.82, 2.24) is 5.32 Å². The average Bonchev–Trinajstić information content (AvgIpc) is 2.28. The molecule has 0 aliphatic carbocycles. The molecule has 1 N–H and O–H groups in total. The number of carbonyl (C=O) groups excluding carboxylic acids is 1. The van der Waals surface area contributed by atoms with Crippen LogP contribution in [0.2, 0.25) is 5.02 Å². The topological polar surface area (TPSA) is 38.3 Å². The Morgan fingerprint density at radius 3 is 2.94 bits per heavy atom. The molecule has 1 rings (SSSR count). The van der Waals surface area contributed by atoms with E-state index in [4.69, 9.17) is 16.3 Å². The highest BCUT2D eigenvalue weighted by molar-refractivity contribution is 6.30. The summed E-state index contributed by atoms with van der Waals surface area (Å²) in [5, 5.41) is 2.89. The largest absolute Gasteiger partial charge is 0.382 e. The Balaban J connectivity index is 2.42. The van der Waals surface area contributed by atoms with E-state index in [2.05, 4.69) is 5.32 Å². The van der Waals surface area contributed by atoms with Crippen molar-refractivity contribution in [2.45, 2.75) is 13.3 Å². The van der Waals surface area contributed by atoms with Crippen LogP contribution in [0.15, 0.2) is 18.2 Å². The lowest BCUT2D eigenvalue weighted by atomic mass is 10.2. The molecular weight excluding hydrogens is 245 g/mol. The molecular formula is C12H15ClFNO2. The van der Waals surface area contributed by atoms with Crippen LogP contribution < -0.4 is 5.32 Å². The van der Waals surface area contributed by atoms with Gasteiger partial charge in [0, 0.05) is 24.8 Å². The van der Waals surface area contributed by atoms with Crippen molar-refractivity contribution in [3.8, 4) is 0 Å². The van der Waals surface area contributed by atoms with Crippen molar-refractivity contribution in [3.05, 3.63) is 34.6 Å². The molecule has 0 atom stereocenters. The number of halogens is 2. The van der Waals surface area contributed by atoms with E-state index in [1.54, 1.807) is 0 Å².